The first-order chi connectivity index (χ1) is 8.54. The van der Waals surface area contributed by atoms with Crippen LogP contribution in [0.25, 0.3) is 0 Å². The summed E-state index contributed by atoms with van der Waals surface area (Å²) in [6, 6.07) is 7.36. The second-order valence-electron chi connectivity index (χ2n) is 4.29. The highest BCUT2D eigenvalue weighted by molar-refractivity contribution is 5.85. The van der Waals surface area contributed by atoms with Gasteiger partial charge in [-0.05, 0) is 26.0 Å². The van der Waals surface area contributed by atoms with Gasteiger partial charge in [0.25, 0.3) is 0 Å². The molecule has 0 aliphatic rings. The fraction of sp³-hybridized carbons (Fsp3) is 0.462. The molecule has 0 saturated carbocycles. The Bertz CT molecular complexity index is 452. The molecule has 96 valence electrons. The van der Waals surface area contributed by atoms with E-state index in [1.54, 1.807) is 12.1 Å². The van der Waals surface area contributed by atoms with Crippen molar-refractivity contribution < 1.29 is 9.90 Å². The molecule has 0 spiro atoms. The zero-order chi connectivity index (χ0) is 13.5. The summed E-state index contributed by atoms with van der Waals surface area (Å²) >= 11 is 0. The van der Waals surface area contributed by atoms with Crippen molar-refractivity contribution in [2.75, 3.05) is 6.54 Å². The molecule has 1 aromatic heterocycles. The number of nitriles is 1. The zero-order valence-electron chi connectivity index (χ0n) is 10.6. The molecule has 1 heterocycles. The number of carboxylic acid groups (broad SMARTS) is 1. The van der Waals surface area contributed by atoms with Crippen LogP contribution in [0.3, 0.4) is 0 Å². The second kappa shape index (κ2) is 6.72. The Morgan fingerprint density at radius 3 is 2.83 bits per heavy atom. The third kappa shape index (κ3) is 4.15. The minimum Gasteiger partial charge on any atom is -0.477 e. The van der Waals surface area contributed by atoms with Gasteiger partial charge in [-0.1, -0.05) is 6.07 Å². The SMILES string of the molecule is CC(C)N(CCC#N)Cc1cccc(C(=O)O)n1. The Morgan fingerprint density at radius 2 is 2.28 bits per heavy atom. The van der Waals surface area contributed by atoms with Gasteiger partial charge in [0.1, 0.15) is 5.69 Å². The van der Waals surface area contributed by atoms with Crippen LogP contribution in [-0.2, 0) is 6.54 Å². The van der Waals surface area contributed by atoms with E-state index in [1.165, 1.54) is 6.07 Å². The summed E-state index contributed by atoms with van der Waals surface area (Å²) in [7, 11) is 0. The molecule has 0 atom stereocenters. The van der Waals surface area contributed by atoms with Gasteiger partial charge in [-0.25, -0.2) is 9.78 Å². The molecule has 0 fully saturated rings. The number of rotatable bonds is 6. The first-order valence-corrected chi connectivity index (χ1v) is 5.85. The van der Waals surface area contributed by atoms with Crippen LogP contribution >= 0.6 is 0 Å². The van der Waals surface area contributed by atoms with Gasteiger partial charge in [0.2, 0.25) is 0 Å². The van der Waals surface area contributed by atoms with Crippen molar-refractivity contribution in [3.63, 3.8) is 0 Å². The van der Waals surface area contributed by atoms with E-state index in [1.807, 2.05) is 13.8 Å². The van der Waals surface area contributed by atoms with Crippen LogP contribution in [0.5, 0.6) is 0 Å². The normalized spacial score (nSPS) is 10.6. The number of nitrogens with zero attached hydrogens (tertiary/aromatic N) is 3. The van der Waals surface area contributed by atoms with Crippen molar-refractivity contribution in [1.82, 2.24) is 9.88 Å². The lowest BCUT2D eigenvalue weighted by molar-refractivity contribution is 0.0690. The van der Waals surface area contributed by atoms with E-state index in [2.05, 4.69) is 16.0 Å². The molecular weight excluding hydrogens is 230 g/mol. The van der Waals surface area contributed by atoms with E-state index in [9.17, 15) is 4.79 Å². The lowest BCUT2D eigenvalue weighted by Crippen LogP contribution is -2.31. The molecule has 1 rings (SSSR count). The van der Waals surface area contributed by atoms with Gasteiger partial charge in [0, 0.05) is 25.6 Å². The molecule has 1 N–H and O–H groups in total. The number of carboxylic acids is 1. The molecule has 18 heavy (non-hydrogen) atoms. The summed E-state index contributed by atoms with van der Waals surface area (Å²) < 4.78 is 0. The van der Waals surface area contributed by atoms with E-state index in [0.29, 0.717) is 25.2 Å². The number of hydrogen-bond donors (Lipinski definition) is 1. The average molecular weight is 247 g/mol. The first-order valence-electron chi connectivity index (χ1n) is 5.85. The molecule has 5 nitrogen and oxygen atoms in total. The highest BCUT2D eigenvalue weighted by atomic mass is 16.4. The molecule has 0 aromatic carbocycles. The topological polar surface area (TPSA) is 77.2 Å². The maximum absolute atomic E-state index is 10.8. The molecule has 0 saturated heterocycles. The largest absolute Gasteiger partial charge is 0.477 e. The van der Waals surface area contributed by atoms with Crippen molar-refractivity contribution in [1.29, 1.82) is 5.26 Å². The molecule has 0 aliphatic carbocycles. The predicted molar refractivity (Wildman–Crippen MR) is 67.0 cm³/mol. The van der Waals surface area contributed by atoms with E-state index in [4.69, 9.17) is 10.4 Å². The smallest absolute Gasteiger partial charge is 0.354 e. The third-order valence-corrected chi connectivity index (χ3v) is 2.63. The highest BCUT2D eigenvalue weighted by Gasteiger charge is 2.12. The van der Waals surface area contributed by atoms with Crippen LogP contribution in [0.1, 0.15) is 36.5 Å². The maximum atomic E-state index is 10.8. The summed E-state index contributed by atoms with van der Waals surface area (Å²) in [5.41, 5.74) is 0.762. The van der Waals surface area contributed by atoms with Crippen molar-refractivity contribution >= 4 is 5.97 Å². The summed E-state index contributed by atoms with van der Waals surface area (Å²) in [6.07, 6.45) is 0.455. The Morgan fingerprint density at radius 1 is 1.56 bits per heavy atom. The summed E-state index contributed by atoms with van der Waals surface area (Å²) in [6.45, 7) is 5.30. The minimum absolute atomic E-state index is 0.0523. The zero-order valence-corrected chi connectivity index (χ0v) is 10.6. The Labute approximate surface area is 107 Å². The van der Waals surface area contributed by atoms with Gasteiger partial charge in [0.15, 0.2) is 0 Å². The number of carbonyl (C=O) groups is 1. The lowest BCUT2D eigenvalue weighted by Gasteiger charge is -2.24. The van der Waals surface area contributed by atoms with Crippen LogP contribution in [0.4, 0.5) is 0 Å². The Balaban J connectivity index is 2.77. The summed E-state index contributed by atoms with van der Waals surface area (Å²) in [5, 5.41) is 17.5. The highest BCUT2D eigenvalue weighted by Crippen LogP contribution is 2.08. The number of aromatic nitrogens is 1. The van der Waals surface area contributed by atoms with Gasteiger partial charge in [0.05, 0.1) is 11.8 Å². The Kier molecular flexibility index (Phi) is 5.28. The van der Waals surface area contributed by atoms with Gasteiger partial charge in [-0.15, -0.1) is 0 Å². The predicted octanol–water partition coefficient (Wildman–Crippen LogP) is 1.90. The second-order valence-corrected chi connectivity index (χ2v) is 4.29. The molecule has 0 bridgehead atoms. The first kappa shape index (κ1) is 14.1. The lowest BCUT2D eigenvalue weighted by atomic mass is 10.2. The van der Waals surface area contributed by atoms with Crippen LogP contribution < -0.4 is 0 Å². The molecule has 0 amide bonds. The van der Waals surface area contributed by atoms with Crippen molar-refractivity contribution in [3.8, 4) is 6.07 Å². The van der Waals surface area contributed by atoms with Gasteiger partial charge < -0.3 is 5.11 Å². The number of aromatic carboxylic acids is 1. The van der Waals surface area contributed by atoms with E-state index < -0.39 is 5.97 Å². The van der Waals surface area contributed by atoms with Crippen molar-refractivity contribution in [3.05, 3.63) is 29.6 Å². The molecular formula is C13H17N3O2. The third-order valence-electron chi connectivity index (χ3n) is 2.63. The maximum Gasteiger partial charge on any atom is 0.354 e. The Hall–Kier alpha value is -1.93. The average Bonchev–Trinajstić information content (AvgIpc) is 2.34. The molecule has 5 heteroatoms. The van der Waals surface area contributed by atoms with E-state index in [-0.39, 0.29) is 11.7 Å². The quantitative estimate of drug-likeness (QED) is 0.830. The fourth-order valence-electron chi connectivity index (χ4n) is 1.61. The van der Waals surface area contributed by atoms with Crippen molar-refractivity contribution in [2.24, 2.45) is 0 Å². The molecule has 1 aromatic rings. The summed E-state index contributed by atoms with van der Waals surface area (Å²) in [4.78, 5) is 17.0. The fourth-order valence-corrected chi connectivity index (χ4v) is 1.61. The molecule has 0 aliphatic heterocycles. The van der Waals surface area contributed by atoms with Crippen LogP contribution in [-0.4, -0.2) is 33.5 Å². The molecule has 0 unspecified atom stereocenters. The van der Waals surface area contributed by atoms with Gasteiger partial charge >= 0.3 is 5.97 Å². The monoisotopic (exact) mass is 247 g/mol. The van der Waals surface area contributed by atoms with Gasteiger partial charge in [-0.3, -0.25) is 4.90 Å². The standard InChI is InChI=1S/C13H17N3O2/c1-10(2)16(8-4-7-14)9-11-5-3-6-12(15-11)13(17)18/h3,5-6,10H,4,8-9H2,1-2H3,(H,17,18). The van der Waals surface area contributed by atoms with E-state index in [0.717, 1.165) is 0 Å². The minimum atomic E-state index is -1.02. The molecule has 0 radical (unpaired) electrons. The van der Waals surface area contributed by atoms with E-state index >= 15 is 0 Å². The number of hydrogen-bond acceptors (Lipinski definition) is 4. The van der Waals surface area contributed by atoms with Crippen LogP contribution in [0.15, 0.2) is 18.2 Å². The summed E-state index contributed by atoms with van der Waals surface area (Å²) in [5.74, 6) is -1.02. The van der Waals surface area contributed by atoms with Crippen LogP contribution in [0.2, 0.25) is 0 Å². The van der Waals surface area contributed by atoms with Crippen molar-refractivity contribution in [2.45, 2.75) is 32.9 Å². The van der Waals surface area contributed by atoms with Crippen LogP contribution in [0, 0.1) is 11.3 Å². The van der Waals surface area contributed by atoms with Gasteiger partial charge in [-0.2, -0.15) is 5.26 Å². The number of pyridine rings is 1.